The standard InChI is InChI=1S/C17H17ClO2S/c1-11(2)21-16(17(19)20)14-5-3-12(4-6-14)13-7-9-15(18)10-8-13/h3-11,16H,1-2H3,(H,19,20). The number of rotatable bonds is 5. The lowest BCUT2D eigenvalue weighted by Gasteiger charge is -2.15. The highest BCUT2D eigenvalue weighted by molar-refractivity contribution is 8.00. The van der Waals surface area contributed by atoms with Gasteiger partial charge >= 0.3 is 5.97 Å². The lowest BCUT2D eigenvalue weighted by atomic mass is 10.0. The summed E-state index contributed by atoms with van der Waals surface area (Å²) in [4.78, 5) is 11.4. The SMILES string of the molecule is CC(C)SC(C(=O)O)c1ccc(-c2ccc(Cl)cc2)cc1. The molecule has 0 aromatic heterocycles. The van der Waals surface area contributed by atoms with Gasteiger partial charge in [0.2, 0.25) is 0 Å². The second-order valence-electron chi connectivity index (χ2n) is 5.03. The van der Waals surface area contributed by atoms with Crippen molar-refractivity contribution in [1.29, 1.82) is 0 Å². The molecular formula is C17H17ClO2S. The Hall–Kier alpha value is -1.45. The van der Waals surface area contributed by atoms with E-state index in [9.17, 15) is 9.90 Å². The number of aliphatic carboxylic acids is 1. The van der Waals surface area contributed by atoms with Crippen LogP contribution in [0.5, 0.6) is 0 Å². The van der Waals surface area contributed by atoms with Crippen molar-refractivity contribution in [2.45, 2.75) is 24.3 Å². The van der Waals surface area contributed by atoms with Crippen LogP contribution in [0.1, 0.15) is 24.7 Å². The summed E-state index contributed by atoms with van der Waals surface area (Å²) in [5, 5.41) is 9.80. The first-order valence-corrected chi connectivity index (χ1v) is 8.03. The van der Waals surface area contributed by atoms with E-state index in [1.807, 2.05) is 62.4 Å². The first-order chi connectivity index (χ1) is 9.97. The van der Waals surface area contributed by atoms with Crippen molar-refractivity contribution in [3.05, 3.63) is 59.1 Å². The van der Waals surface area contributed by atoms with E-state index in [1.54, 1.807) is 0 Å². The Morgan fingerprint density at radius 1 is 1.00 bits per heavy atom. The van der Waals surface area contributed by atoms with Crippen molar-refractivity contribution in [3.63, 3.8) is 0 Å². The largest absolute Gasteiger partial charge is 0.480 e. The van der Waals surface area contributed by atoms with Crippen LogP contribution in [0.2, 0.25) is 5.02 Å². The van der Waals surface area contributed by atoms with E-state index in [1.165, 1.54) is 11.8 Å². The molecule has 0 heterocycles. The molecule has 110 valence electrons. The van der Waals surface area contributed by atoms with Crippen LogP contribution in [-0.2, 0) is 4.79 Å². The molecule has 0 amide bonds. The van der Waals surface area contributed by atoms with E-state index >= 15 is 0 Å². The first kappa shape index (κ1) is 15.9. The van der Waals surface area contributed by atoms with Crippen LogP contribution >= 0.6 is 23.4 Å². The summed E-state index contributed by atoms with van der Waals surface area (Å²) in [5.41, 5.74) is 2.93. The third-order valence-electron chi connectivity index (χ3n) is 3.02. The maximum Gasteiger partial charge on any atom is 0.321 e. The Morgan fingerprint density at radius 3 is 1.90 bits per heavy atom. The monoisotopic (exact) mass is 320 g/mol. The van der Waals surface area contributed by atoms with Crippen LogP contribution in [0.4, 0.5) is 0 Å². The van der Waals surface area contributed by atoms with E-state index in [0.717, 1.165) is 16.7 Å². The molecule has 2 aromatic carbocycles. The van der Waals surface area contributed by atoms with Gasteiger partial charge in [-0.1, -0.05) is 61.8 Å². The molecule has 21 heavy (non-hydrogen) atoms. The van der Waals surface area contributed by atoms with Gasteiger partial charge < -0.3 is 5.11 Å². The third kappa shape index (κ3) is 4.26. The molecule has 0 aliphatic rings. The minimum atomic E-state index is -0.798. The Labute approximate surface area is 134 Å². The van der Waals surface area contributed by atoms with Gasteiger partial charge in [0, 0.05) is 10.3 Å². The van der Waals surface area contributed by atoms with Crippen molar-refractivity contribution < 1.29 is 9.90 Å². The minimum absolute atomic E-state index is 0.266. The molecule has 0 aliphatic heterocycles. The van der Waals surface area contributed by atoms with Crippen molar-refractivity contribution in [1.82, 2.24) is 0 Å². The highest BCUT2D eigenvalue weighted by Crippen LogP contribution is 2.33. The quantitative estimate of drug-likeness (QED) is 0.815. The van der Waals surface area contributed by atoms with E-state index in [-0.39, 0.29) is 5.25 Å². The van der Waals surface area contributed by atoms with Gasteiger partial charge in [-0.3, -0.25) is 4.79 Å². The van der Waals surface area contributed by atoms with Gasteiger partial charge in [0.15, 0.2) is 0 Å². The maximum absolute atomic E-state index is 11.4. The molecule has 0 spiro atoms. The summed E-state index contributed by atoms with van der Waals surface area (Å²) in [7, 11) is 0. The number of thioether (sulfide) groups is 1. The lowest BCUT2D eigenvalue weighted by Crippen LogP contribution is -2.10. The summed E-state index contributed by atoms with van der Waals surface area (Å²) in [6.07, 6.45) is 0. The number of benzene rings is 2. The average molecular weight is 321 g/mol. The van der Waals surface area contributed by atoms with Crippen molar-refractivity contribution in [2.75, 3.05) is 0 Å². The Bertz CT molecular complexity index is 606. The van der Waals surface area contributed by atoms with E-state index in [4.69, 9.17) is 11.6 Å². The van der Waals surface area contributed by atoms with Crippen molar-refractivity contribution in [2.24, 2.45) is 0 Å². The van der Waals surface area contributed by atoms with E-state index in [2.05, 4.69) is 0 Å². The number of hydrogen-bond donors (Lipinski definition) is 1. The highest BCUT2D eigenvalue weighted by atomic mass is 35.5. The summed E-state index contributed by atoms with van der Waals surface area (Å²) < 4.78 is 0. The molecule has 0 saturated heterocycles. The van der Waals surface area contributed by atoms with E-state index < -0.39 is 11.2 Å². The summed E-state index contributed by atoms with van der Waals surface area (Å²) >= 11 is 7.33. The van der Waals surface area contributed by atoms with Crippen LogP contribution in [-0.4, -0.2) is 16.3 Å². The summed E-state index contributed by atoms with van der Waals surface area (Å²) in [5.74, 6) is -0.798. The number of halogens is 1. The molecule has 4 heteroatoms. The zero-order chi connectivity index (χ0) is 15.4. The molecule has 0 aliphatic carbocycles. The van der Waals surface area contributed by atoms with Crippen LogP contribution in [0.3, 0.4) is 0 Å². The molecular weight excluding hydrogens is 304 g/mol. The van der Waals surface area contributed by atoms with Crippen LogP contribution in [0, 0.1) is 0 Å². The molecule has 2 nitrogen and oxygen atoms in total. The predicted molar refractivity (Wildman–Crippen MR) is 90.0 cm³/mol. The highest BCUT2D eigenvalue weighted by Gasteiger charge is 2.21. The Balaban J connectivity index is 2.24. The van der Waals surface area contributed by atoms with Gasteiger partial charge in [-0.15, -0.1) is 11.8 Å². The molecule has 0 fully saturated rings. The number of carbonyl (C=O) groups is 1. The van der Waals surface area contributed by atoms with Gasteiger partial charge in [-0.2, -0.15) is 0 Å². The van der Waals surface area contributed by atoms with Gasteiger partial charge in [0.25, 0.3) is 0 Å². The molecule has 1 unspecified atom stereocenters. The van der Waals surface area contributed by atoms with E-state index in [0.29, 0.717) is 5.02 Å². The van der Waals surface area contributed by atoms with Gasteiger partial charge in [-0.05, 0) is 28.8 Å². The summed E-state index contributed by atoms with van der Waals surface area (Å²) in [6, 6.07) is 15.3. The predicted octanol–water partition coefficient (Wildman–Crippen LogP) is 5.27. The normalized spacial score (nSPS) is 12.4. The zero-order valence-corrected chi connectivity index (χ0v) is 13.5. The fourth-order valence-electron chi connectivity index (χ4n) is 2.04. The fraction of sp³-hybridized carbons (Fsp3) is 0.235. The number of hydrogen-bond acceptors (Lipinski definition) is 2. The van der Waals surface area contributed by atoms with Crippen molar-refractivity contribution >= 4 is 29.3 Å². The fourth-order valence-corrected chi connectivity index (χ4v) is 3.15. The smallest absolute Gasteiger partial charge is 0.321 e. The molecule has 0 bridgehead atoms. The average Bonchev–Trinajstić information content (AvgIpc) is 2.45. The van der Waals surface area contributed by atoms with Gasteiger partial charge in [0.05, 0.1) is 0 Å². The molecule has 0 radical (unpaired) electrons. The minimum Gasteiger partial charge on any atom is -0.480 e. The molecule has 0 saturated carbocycles. The van der Waals surface area contributed by atoms with Gasteiger partial charge in [0.1, 0.15) is 5.25 Å². The first-order valence-electron chi connectivity index (χ1n) is 6.71. The van der Waals surface area contributed by atoms with Crippen LogP contribution < -0.4 is 0 Å². The Kier molecular flexibility index (Phi) is 5.32. The summed E-state index contributed by atoms with van der Waals surface area (Å²) in [6.45, 7) is 4.01. The second-order valence-corrected chi connectivity index (χ2v) is 7.15. The van der Waals surface area contributed by atoms with Gasteiger partial charge in [-0.25, -0.2) is 0 Å². The molecule has 1 N–H and O–H groups in total. The lowest BCUT2D eigenvalue weighted by molar-refractivity contribution is -0.136. The number of carboxylic acid groups (broad SMARTS) is 1. The third-order valence-corrected chi connectivity index (χ3v) is 4.57. The Morgan fingerprint density at radius 2 is 1.48 bits per heavy atom. The van der Waals surface area contributed by atoms with Crippen molar-refractivity contribution in [3.8, 4) is 11.1 Å². The molecule has 1 atom stereocenters. The molecule has 2 rings (SSSR count). The topological polar surface area (TPSA) is 37.3 Å². The zero-order valence-electron chi connectivity index (χ0n) is 11.9. The van der Waals surface area contributed by atoms with Crippen LogP contribution in [0.25, 0.3) is 11.1 Å². The molecule has 2 aromatic rings. The van der Waals surface area contributed by atoms with Crippen LogP contribution in [0.15, 0.2) is 48.5 Å². The maximum atomic E-state index is 11.4. The number of carboxylic acids is 1. The second kappa shape index (κ2) is 7.01.